The number of nitrogens with zero attached hydrogens (tertiary/aromatic N) is 2. The third kappa shape index (κ3) is 2.69. The molecule has 1 aliphatic heterocycles. The Labute approximate surface area is 130 Å². The van der Waals surface area contributed by atoms with Crippen molar-refractivity contribution in [3.8, 4) is 0 Å². The normalized spacial score (nSPS) is 21.5. The molecular formula is C16H23N3O3. The largest absolute Gasteiger partial charge is 0.464 e. The Kier molecular flexibility index (Phi) is 4.09. The number of esters is 1. The molecule has 2 heterocycles. The van der Waals surface area contributed by atoms with E-state index in [2.05, 4.69) is 5.32 Å². The van der Waals surface area contributed by atoms with Crippen molar-refractivity contribution < 1.29 is 14.3 Å². The monoisotopic (exact) mass is 305 g/mol. The molecule has 120 valence electrons. The minimum atomic E-state index is -0.406. The van der Waals surface area contributed by atoms with Crippen molar-refractivity contribution in [1.29, 1.82) is 0 Å². The fourth-order valence-electron chi connectivity index (χ4n) is 3.50. The minimum Gasteiger partial charge on any atom is -0.464 e. The smallest absolute Gasteiger partial charge is 0.354 e. The maximum Gasteiger partial charge on any atom is 0.354 e. The zero-order valence-corrected chi connectivity index (χ0v) is 13.2. The van der Waals surface area contributed by atoms with Gasteiger partial charge in [-0.25, -0.2) is 9.59 Å². The second-order valence-electron chi connectivity index (χ2n) is 6.24. The van der Waals surface area contributed by atoms with E-state index < -0.39 is 5.97 Å². The molecule has 0 bridgehead atoms. The Morgan fingerprint density at radius 3 is 2.68 bits per heavy atom. The number of aromatic nitrogens is 1. The number of carbonyl (C=O) groups is 2. The summed E-state index contributed by atoms with van der Waals surface area (Å²) in [5, 5.41) is 2.92. The molecule has 1 aliphatic carbocycles. The van der Waals surface area contributed by atoms with Crippen molar-refractivity contribution in [3.05, 3.63) is 18.0 Å². The highest BCUT2D eigenvalue weighted by atomic mass is 16.5. The maximum atomic E-state index is 12.5. The van der Waals surface area contributed by atoms with Crippen LogP contribution in [0.4, 0.5) is 10.5 Å². The van der Waals surface area contributed by atoms with Crippen LogP contribution in [-0.4, -0.2) is 41.2 Å². The van der Waals surface area contributed by atoms with Crippen LogP contribution in [0.25, 0.3) is 0 Å². The second kappa shape index (κ2) is 6.02. The molecule has 1 saturated carbocycles. The van der Waals surface area contributed by atoms with Crippen LogP contribution >= 0.6 is 0 Å². The van der Waals surface area contributed by atoms with Crippen LogP contribution in [0.1, 0.15) is 42.6 Å². The third-order valence-electron chi connectivity index (χ3n) is 4.90. The summed E-state index contributed by atoms with van der Waals surface area (Å²) in [6, 6.07) is 1.98. The molecule has 3 rings (SSSR count). The number of urea groups is 1. The van der Waals surface area contributed by atoms with Crippen LogP contribution in [0.15, 0.2) is 12.3 Å². The zero-order valence-electron chi connectivity index (χ0n) is 13.2. The SMILES string of the molecule is COC(=O)c1cc(NC(=O)N2CCC[C@@H]2C2CCC2)cn1C. The lowest BCUT2D eigenvalue weighted by atomic mass is 9.79. The van der Waals surface area contributed by atoms with Crippen molar-refractivity contribution in [2.75, 3.05) is 19.0 Å². The standard InChI is InChI=1S/C16H23N3O3/c1-18-10-12(9-14(18)15(20)22-2)17-16(21)19-8-4-7-13(19)11-5-3-6-11/h9-11,13H,3-8H2,1-2H3,(H,17,21)/t13-/m1/s1. The van der Waals surface area contributed by atoms with Crippen LogP contribution < -0.4 is 5.32 Å². The van der Waals surface area contributed by atoms with E-state index in [-0.39, 0.29) is 6.03 Å². The predicted octanol–water partition coefficient (Wildman–Crippen LogP) is 2.61. The number of aryl methyl sites for hydroxylation is 1. The molecule has 2 aliphatic rings. The number of rotatable bonds is 3. The second-order valence-corrected chi connectivity index (χ2v) is 6.24. The molecule has 1 aromatic rings. The Balaban J connectivity index is 1.67. The summed E-state index contributed by atoms with van der Waals surface area (Å²) in [6.07, 6.45) is 7.70. The lowest BCUT2D eigenvalue weighted by molar-refractivity contribution is 0.0590. The van der Waals surface area contributed by atoms with Crippen molar-refractivity contribution in [3.63, 3.8) is 0 Å². The van der Waals surface area contributed by atoms with Crippen molar-refractivity contribution >= 4 is 17.7 Å². The molecule has 1 N–H and O–H groups in total. The van der Waals surface area contributed by atoms with Gasteiger partial charge in [-0.2, -0.15) is 0 Å². The molecule has 1 saturated heterocycles. The lowest BCUT2D eigenvalue weighted by Gasteiger charge is -2.36. The first-order chi connectivity index (χ1) is 10.6. The van der Waals surface area contributed by atoms with Gasteiger partial charge in [0, 0.05) is 25.8 Å². The number of ether oxygens (including phenoxy) is 1. The predicted molar refractivity (Wildman–Crippen MR) is 82.8 cm³/mol. The molecule has 6 heteroatoms. The van der Waals surface area contributed by atoms with Crippen LogP contribution in [-0.2, 0) is 11.8 Å². The van der Waals surface area contributed by atoms with Gasteiger partial charge in [-0.3, -0.25) is 0 Å². The van der Waals surface area contributed by atoms with E-state index in [1.807, 2.05) is 4.90 Å². The van der Waals surface area contributed by atoms with Crippen LogP contribution in [0, 0.1) is 5.92 Å². The fraction of sp³-hybridized carbons (Fsp3) is 0.625. The molecule has 6 nitrogen and oxygen atoms in total. The van der Waals surface area contributed by atoms with Gasteiger partial charge < -0.3 is 19.5 Å². The van der Waals surface area contributed by atoms with Gasteiger partial charge in [0.1, 0.15) is 5.69 Å². The van der Waals surface area contributed by atoms with E-state index in [0.29, 0.717) is 23.3 Å². The molecule has 1 atom stereocenters. The fourth-order valence-corrected chi connectivity index (χ4v) is 3.50. The van der Waals surface area contributed by atoms with E-state index in [9.17, 15) is 9.59 Å². The Hall–Kier alpha value is -1.98. The van der Waals surface area contributed by atoms with Crippen molar-refractivity contribution in [2.24, 2.45) is 13.0 Å². The van der Waals surface area contributed by atoms with Crippen molar-refractivity contribution in [2.45, 2.75) is 38.1 Å². The number of carbonyl (C=O) groups excluding carboxylic acids is 2. The Bertz CT molecular complexity index is 577. The summed E-state index contributed by atoms with van der Waals surface area (Å²) in [5.41, 5.74) is 1.06. The van der Waals surface area contributed by atoms with Gasteiger partial charge >= 0.3 is 12.0 Å². The van der Waals surface area contributed by atoms with Crippen LogP contribution in [0.3, 0.4) is 0 Å². The third-order valence-corrected chi connectivity index (χ3v) is 4.90. The summed E-state index contributed by atoms with van der Waals surface area (Å²) in [7, 11) is 3.11. The van der Waals surface area contributed by atoms with E-state index >= 15 is 0 Å². The van der Waals surface area contributed by atoms with Crippen LogP contribution in [0.2, 0.25) is 0 Å². The van der Waals surface area contributed by atoms with Gasteiger partial charge in [-0.05, 0) is 37.7 Å². The quantitative estimate of drug-likeness (QED) is 0.873. The van der Waals surface area contributed by atoms with E-state index in [0.717, 1.165) is 19.4 Å². The van der Waals surface area contributed by atoms with Gasteiger partial charge in [-0.1, -0.05) is 6.42 Å². The molecule has 1 aromatic heterocycles. The van der Waals surface area contributed by atoms with Gasteiger partial charge in [0.15, 0.2) is 0 Å². The van der Waals surface area contributed by atoms with E-state index in [1.54, 1.807) is 23.9 Å². The molecule has 2 amide bonds. The summed E-state index contributed by atoms with van der Waals surface area (Å²) in [6.45, 7) is 0.823. The van der Waals surface area contributed by atoms with Gasteiger partial charge in [-0.15, -0.1) is 0 Å². The number of nitrogens with one attached hydrogen (secondary N) is 1. The van der Waals surface area contributed by atoms with E-state index in [4.69, 9.17) is 4.74 Å². The topological polar surface area (TPSA) is 63.6 Å². The summed E-state index contributed by atoms with van der Waals surface area (Å²) in [4.78, 5) is 26.1. The van der Waals surface area contributed by atoms with Gasteiger partial charge in [0.05, 0.1) is 12.8 Å². The number of anilines is 1. The van der Waals surface area contributed by atoms with Crippen LogP contribution in [0.5, 0.6) is 0 Å². The maximum absolute atomic E-state index is 12.5. The van der Waals surface area contributed by atoms with Crippen molar-refractivity contribution in [1.82, 2.24) is 9.47 Å². The summed E-state index contributed by atoms with van der Waals surface area (Å²) >= 11 is 0. The number of likely N-dealkylation sites (tertiary alicyclic amines) is 1. The summed E-state index contributed by atoms with van der Waals surface area (Å²) < 4.78 is 6.38. The number of methoxy groups -OCH3 is 1. The first-order valence-corrected chi connectivity index (χ1v) is 7.92. The lowest BCUT2D eigenvalue weighted by Crippen LogP contribution is -2.44. The van der Waals surface area contributed by atoms with Gasteiger partial charge in [0.2, 0.25) is 0 Å². The average molecular weight is 305 g/mol. The highest BCUT2D eigenvalue weighted by molar-refractivity contribution is 5.93. The van der Waals surface area contributed by atoms with Gasteiger partial charge in [0.25, 0.3) is 0 Å². The molecular weight excluding hydrogens is 282 g/mol. The number of hydrogen-bond acceptors (Lipinski definition) is 3. The van der Waals surface area contributed by atoms with E-state index in [1.165, 1.54) is 26.4 Å². The highest BCUT2D eigenvalue weighted by Crippen LogP contribution is 2.37. The molecule has 22 heavy (non-hydrogen) atoms. The molecule has 0 radical (unpaired) electrons. The molecule has 0 aromatic carbocycles. The first kappa shape index (κ1) is 14.9. The Morgan fingerprint density at radius 1 is 1.27 bits per heavy atom. The minimum absolute atomic E-state index is 0.0589. The number of amides is 2. The molecule has 2 fully saturated rings. The average Bonchev–Trinajstić information content (AvgIpc) is 3.03. The first-order valence-electron chi connectivity index (χ1n) is 7.92. The zero-order chi connectivity index (χ0) is 15.7. The molecule has 0 spiro atoms. The highest BCUT2D eigenvalue weighted by Gasteiger charge is 2.37. The summed E-state index contributed by atoms with van der Waals surface area (Å²) in [5.74, 6) is 0.270. The Morgan fingerprint density at radius 2 is 2.05 bits per heavy atom. The number of hydrogen-bond donors (Lipinski definition) is 1. The molecule has 0 unspecified atom stereocenters.